The number of carbonyl (C=O) groups is 3. The molecule has 0 bridgehead atoms. The molecule has 0 aromatic heterocycles. The fraction of sp³-hybridized carbons (Fsp3) is 0.769. The molecule has 104 valence electrons. The van der Waals surface area contributed by atoms with E-state index < -0.39 is 0 Å². The molecule has 1 aliphatic carbocycles. The van der Waals surface area contributed by atoms with Gasteiger partial charge in [-0.2, -0.15) is 0 Å². The zero-order valence-electron chi connectivity index (χ0n) is 11.2. The minimum atomic E-state index is -0.310. The van der Waals surface area contributed by atoms with Gasteiger partial charge in [-0.1, -0.05) is 0 Å². The molecule has 19 heavy (non-hydrogen) atoms. The highest BCUT2D eigenvalue weighted by molar-refractivity contribution is 6.05. The van der Waals surface area contributed by atoms with Crippen molar-refractivity contribution in [1.29, 1.82) is 0 Å². The number of piperazine rings is 1. The number of likely N-dealkylation sites (N-methyl/N-ethyl adjacent to an activating group) is 1. The van der Waals surface area contributed by atoms with Crippen LogP contribution in [0.4, 0.5) is 0 Å². The molecule has 3 rings (SSSR count). The Balaban J connectivity index is 1.57. The molecule has 1 atom stereocenters. The van der Waals surface area contributed by atoms with Gasteiger partial charge in [0, 0.05) is 39.1 Å². The Morgan fingerprint density at radius 2 is 1.74 bits per heavy atom. The van der Waals surface area contributed by atoms with E-state index in [1.54, 1.807) is 0 Å². The van der Waals surface area contributed by atoms with E-state index in [-0.39, 0.29) is 36.1 Å². The number of amides is 3. The van der Waals surface area contributed by atoms with Crippen molar-refractivity contribution in [2.45, 2.75) is 25.3 Å². The molecule has 1 saturated carbocycles. The summed E-state index contributed by atoms with van der Waals surface area (Å²) >= 11 is 0. The Bertz CT molecular complexity index is 425. The van der Waals surface area contributed by atoms with Crippen molar-refractivity contribution in [3.63, 3.8) is 0 Å². The van der Waals surface area contributed by atoms with E-state index in [4.69, 9.17) is 0 Å². The summed E-state index contributed by atoms with van der Waals surface area (Å²) in [4.78, 5) is 40.5. The molecule has 3 aliphatic rings. The van der Waals surface area contributed by atoms with Crippen LogP contribution in [0.2, 0.25) is 0 Å². The van der Waals surface area contributed by atoms with Gasteiger partial charge in [-0.3, -0.25) is 24.2 Å². The standard InChI is InChI=1S/C13H19N3O3/c1-14-11(17)8-10(13(14)19)15-4-6-16(7-5-15)12(18)9-2-3-9/h9-10H,2-8H2,1H3. The van der Waals surface area contributed by atoms with Crippen molar-refractivity contribution in [2.75, 3.05) is 33.2 Å². The molecular weight excluding hydrogens is 246 g/mol. The first-order valence-electron chi connectivity index (χ1n) is 6.91. The third kappa shape index (κ3) is 2.25. The number of rotatable bonds is 2. The van der Waals surface area contributed by atoms with Gasteiger partial charge in [0.15, 0.2) is 0 Å². The second kappa shape index (κ2) is 4.59. The van der Waals surface area contributed by atoms with Gasteiger partial charge in [0.25, 0.3) is 0 Å². The quantitative estimate of drug-likeness (QED) is 0.619. The molecule has 0 aromatic carbocycles. The van der Waals surface area contributed by atoms with E-state index in [0.717, 1.165) is 12.8 Å². The smallest absolute Gasteiger partial charge is 0.246 e. The topological polar surface area (TPSA) is 60.9 Å². The van der Waals surface area contributed by atoms with Crippen LogP contribution in [0, 0.1) is 5.92 Å². The zero-order chi connectivity index (χ0) is 13.6. The summed E-state index contributed by atoms with van der Waals surface area (Å²) in [5, 5.41) is 0. The highest BCUT2D eigenvalue weighted by Crippen LogP contribution is 2.31. The Labute approximate surface area is 112 Å². The van der Waals surface area contributed by atoms with Crippen molar-refractivity contribution in [3.8, 4) is 0 Å². The maximum atomic E-state index is 11.9. The molecule has 3 fully saturated rings. The predicted octanol–water partition coefficient (Wildman–Crippen LogP) is -0.702. The first-order valence-corrected chi connectivity index (χ1v) is 6.91. The summed E-state index contributed by atoms with van der Waals surface area (Å²) in [6, 6.07) is -0.310. The summed E-state index contributed by atoms with van der Waals surface area (Å²) in [6.07, 6.45) is 2.34. The molecule has 0 aromatic rings. The fourth-order valence-corrected chi connectivity index (χ4v) is 2.86. The third-order valence-electron chi connectivity index (χ3n) is 4.35. The van der Waals surface area contributed by atoms with Gasteiger partial charge < -0.3 is 4.90 Å². The molecule has 2 saturated heterocycles. The summed E-state index contributed by atoms with van der Waals surface area (Å²) in [7, 11) is 1.54. The second-order valence-electron chi connectivity index (χ2n) is 5.65. The van der Waals surface area contributed by atoms with Crippen LogP contribution in [-0.4, -0.2) is 71.7 Å². The monoisotopic (exact) mass is 265 g/mol. The number of likely N-dealkylation sites (tertiary alicyclic amines) is 1. The van der Waals surface area contributed by atoms with Gasteiger partial charge in [-0.05, 0) is 12.8 Å². The Morgan fingerprint density at radius 3 is 2.21 bits per heavy atom. The van der Waals surface area contributed by atoms with Gasteiger partial charge in [0.05, 0.1) is 12.5 Å². The summed E-state index contributed by atoms with van der Waals surface area (Å²) in [5.41, 5.74) is 0. The van der Waals surface area contributed by atoms with Crippen LogP contribution in [0.5, 0.6) is 0 Å². The SMILES string of the molecule is CN1C(=O)CC(N2CCN(C(=O)C3CC3)CC2)C1=O. The number of hydrogen-bond acceptors (Lipinski definition) is 4. The predicted molar refractivity (Wildman–Crippen MR) is 67.1 cm³/mol. The second-order valence-corrected chi connectivity index (χ2v) is 5.65. The van der Waals surface area contributed by atoms with E-state index in [1.807, 2.05) is 9.80 Å². The van der Waals surface area contributed by atoms with Crippen molar-refractivity contribution >= 4 is 17.7 Å². The van der Waals surface area contributed by atoms with E-state index in [0.29, 0.717) is 26.2 Å². The molecular formula is C13H19N3O3. The summed E-state index contributed by atoms with van der Waals surface area (Å²) in [5.74, 6) is 0.316. The highest BCUT2D eigenvalue weighted by atomic mass is 16.2. The van der Waals surface area contributed by atoms with E-state index >= 15 is 0 Å². The number of imide groups is 1. The largest absolute Gasteiger partial charge is 0.340 e. The first kappa shape index (κ1) is 12.6. The third-order valence-corrected chi connectivity index (χ3v) is 4.35. The molecule has 2 heterocycles. The van der Waals surface area contributed by atoms with E-state index in [9.17, 15) is 14.4 Å². The fourth-order valence-electron chi connectivity index (χ4n) is 2.86. The van der Waals surface area contributed by atoms with Gasteiger partial charge in [0.2, 0.25) is 17.7 Å². The normalized spacial score (nSPS) is 29.2. The van der Waals surface area contributed by atoms with Crippen molar-refractivity contribution in [2.24, 2.45) is 5.92 Å². The number of carbonyl (C=O) groups excluding carboxylic acids is 3. The van der Waals surface area contributed by atoms with Crippen molar-refractivity contribution in [3.05, 3.63) is 0 Å². The van der Waals surface area contributed by atoms with Crippen LogP contribution >= 0.6 is 0 Å². The van der Waals surface area contributed by atoms with E-state index in [1.165, 1.54) is 11.9 Å². The molecule has 6 nitrogen and oxygen atoms in total. The lowest BCUT2D eigenvalue weighted by atomic mass is 10.1. The van der Waals surface area contributed by atoms with Gasteiger partial charge in [0.1, 0.15) is 0 Å². The Kier molecular flexibility index (Phi) is 3.05. The average molecular weight is 265 g/mol. The van der Waals surface area contributed by atoms with Crippen LogP contribution in [0.15, 0.2) is 0 Å². The van der Waals surface area contributed by atoms with Crippen molar-refractivity contribution < 1.29 is 14.4 Å². The number of hydrogen-bond donors (Lipinski definition) is 0. The van der Waals surface area contributed by atoms with Crippen LogP contribution in [0.1, 0.15) is 19.3 Å². The Morgan fingerprint density at radius 1 is 1.11 bits per heavy atom. The minimum Gasteiger partial charge on any atom is -0.340 e. The lowest BCUT2D eigenvalue weighted by Crippen LogP contribution is -2.53. The molecule has 2 aliphatic heterocycles. The maximum Gasteiger partial charge on any atom is 0.246 e. The molecule has 3 amide bonds. The van der Waals surface area contributed by atoms with Gasteiger partial charge in [-0.15, -0.1) is 0 Å². The molecule has 6 heteroatoms. The van der Waals surface area contributed by atoms with Crippen molar-refractivity contribution in [1.82, 2.24) is 14.7 Å². The van der Waals surface area contributed by atoms with Crippen LogP contribution in [0.3, 0.4) is 0 Å². The molecule has 1 unspecified atom stereocenters. The van der Waals surface area contributed by atoms with Crippen LogP contribution in [0.25, 0.3) is 0 Å². The zero-order valence-corrected chi connectivity index (χ0v) is 11.2. The number of nitrogens with zero attached hydrogens (tertiary/aromatic N) is 3. The first-order chi connectivity index (χ1) is 9.08. The van der Waals surface area contributed by atoms with Gasteiger partial charge >= 0.3 is 0 Å². The highest BCUT2D eigenvalue weighted by Gasteiger charge is 2.42. The lowest BCUT2D eigenvalue weighted by molar-refractivity contribution is -0.138. The Hall–Kier alpha value is -1.43. The van der Waals surface area contributed by atoms with E-state index in [2.05, 4.69) is 0 Å². The minimum absolute atomic E-state index is 0.105. The van der Waals surface area contributed by atoms with Crippen LogP contribution in [-0.2, 0) is 14.4 Å². The average Bonchev–Trinajstić information content (AvgIpc) is 3.23. The molecule has 0 spiro atoms. The van der Waals surface area contributed by atoms with Gasteiger partial charge in [-0.25, -0.2) is 0 Å². The summed E-state index contributed by atoms with van der Waals surface area (Å²) in [6.45, 7) is 2.74. The molecule has 0 radical (unpaired) electrons. The van der Waals surface area contributed by atoms with Crippen LogP contribution < -0.4 is 0 Å². The summed E-state index contributed by atoms with van der Waals surface area (Å²) < 4.78 is 0. The molecule has 0 N–H and O–H groups in total. The maximum absolute atomic E-state index is 11.9. The lowest BCUT2D eigenvalue weighted by Gasteiger charge is -2.37.